The van der Waals surface area contributed by atoms with E-state index in [1.807, 2.05) is 44.3 Å². The molecule has 0 saturated heterocycles. The summed E-state index contributed by atoms with van der Waals surface area (Å²) in [6.45, 7) is 5.81. The number of hydrogen-bond acceptors (Lipinski definition) is 4. The van der Waals surface area contributed by atoms with Crippen molar-refractivity contribution in [1.82, 2.24) is 5.32 Å². The molecule has 6 heteroatoms. The van der Waals surface area contributed by atoms with Crippen molar-refractivity contribution in [2.45, 2.75) is 56.8 Å². The Morgan fingerprint density at radius 2 is 1.95 bits per heavy atom. The molecule has 37 heavy (non-hydrogen) atoms. The van der Waals surface area contributed by atoms with E-state index in [-0.39, 0.29) is 7.34 Å². The number of anilines is 2. The van der Waals surface area contributed by atoms with E-state index in [0.717, 1.165) is 66.7 Å². The zero-order chi connectivity index (χ0) is 26.3. The van der Waals surface area contributed by atoms with Crippen molar-refractivity contribution in [3.8, 4) is 0 Å². The molecule has 1 unspecified atom stereocenters. The van der Waals surface area contributed by atoms with Crippen LogP contribution in [0.4, 0.5) is 11.4 Å². The normalized spacial score (nSPS) is 16.1. The van der Waals surface area contributed by atoms with Gasteiger partial charge < -0.3 is 10.6 Å². The van der Waals surface area contributed by atoms with Gasteiger partial charge in [0.25, 0.3) is 10.0 Å². The fourth-order valence-corrected chi connectivity index (χ4v) is 7.07. The summed E-state index contributed by atoms with van der Waals surface area (Å²) in [5.41, 5.74) is 5.95. The molecule has 0 amide bonds. The Bertz CT molecular complexity index is 1270. The second-order valence-electron chi connectivity index (χ2n) is 9.87. The SMILES string of the molecule is CCc1cccc2c1N(S(=O)(=O)c1cc(C(CCCCC3=CC=CC=C[CH]3)CNC)ccc1C)CCN2.[HH]. The van der Waals surface area contributed by atoms with Gasteiger partial charge in [-0.2, -0.15) is 0 Å². The van der Waals surface area contributed by atoms with Gasteiger partial charge in [-0.15, -0.1) is 0 Å². The smallest absolute Gasteiger partial charge is 0.264 e. The number of aryl methyl sites for hydroxylation is 2. The third-order valence-corrected chi connectivity index (χ3v) is 9.25. The fraction of sp³-hybridized carbons (Fsp3) is 0.387. The lowest BCUT2D eigenvalue weighted by molar-refractivity contribution is 0.543. The predicted molar refractivity (Wildman–Crippen MR) is 158 cm³/mol. The lowest BCUT2D eigenvalue weighted by Gasteiger charge is -2.33. The first-order chi connectivity index (χ1) is 18.0. The predicted octanol–water partition coefficient (Wildman–Crippen LogP) is 6.54. The topological polar surface area (TPSA) is 61.4 Å². The number of para-hydroxylation sites is 1. The number of sulfonamides is 1. The number of benzene rings is 2. The molecule has 2 aliphatic rings. The first-order valence-corrected chi connectivity index (χ1v) is 14.9. The third kappa shape index (κ3) is 6.36. The number of nitrogens with zero attached hydrogens (tertiary/aromatic N) is 1. The first kappa shape index (κ1) is 27.2. The van der Waals surface area contributed by atoms with Gasteiger partial charge in [0.15, 0.2) is 0 Å². The van der Waals surface area contributed by atoms with E-state index in [4.69, 9.17) is 0 Å². The van der Waals surface area contributed by atoms with E-state index in [0.29, 0.717) is 18.0 Å². The maximum absolute atomic E-state index is 14.1. The molecule has 5 nitrogen and oxygen atoms in total. The third-order valence-electron chi connectivity index (χ3n) is 7.30. The van der Waals surface area contributed by atoms with E-state index in [1.165, 1.54) is 5.57 Å². The monoisotopic (exact) mass is 520 g/mol. The Balaban J connectivity index is 0.00000400. The largest absolute Gasteiger partial charge is 0.382 e. The Kier molecular flexibility index (Phi) is 9.28. The minimum atomic E-state index is -3.70. The molecule has 1 aliphatic heterocycles. The van der Waals surface area contributed by atoms with Crippen molar-refractivity contribution in [2.24, 2.45) is 0 Å². The molecule has 2 aromatic carbocycles. The summed E-state index contributed by atoms with van der Waals surface area (Å²) in [7, 11) is -1.74. The molecule has 0 fully saturated rings. The molecule has 1 aliphatic carbocycles. The van der Waals surface area contributed by atoms with Crippen LogP contribution in [0, 0.1) is 13.3 Å². The molecular formula is C31H42N3O2S. The van der Waals surface area contributed by atoms with Crippen LogP contribution in [0.15, 0.2) is 77.2 Å². The highest BCUT2D eigenvalue weighted by Gasteiger charge is 2.32. The molecule has 1 heterocycles. The van der Waals surface area contributed by atoms with Crippen molar-refractivity contribution in [1.29, 1.82) is 0 Å². The zero-order valence-corrected chi connectivity index (χ0v) is 23.2. The van der Waals surface area contributed by atoms with Gasteiger partial charge in [-0.25, -0.2) is 8.42 Å². The fourth-order valence-electron chi connectivity index (χ4n) is 5.29. The van der Waals surface area contributed by atoms with Crippen LogP contribution in [0.1, 0.15) is 56.6 Å². The Morgan fingerprint density at radius 1 is 1.11 bits per heavy atom. The van der Waals surface area contributed by atoms with Gasteiger partial charge in [-0.1, -0.05) is 73.6 Å². The molecule has 0 saturated carbocycles. The van der Waals surface area contributed by atoms with Crippen LogP contribution in [-0.2, 0) is 16.4 Å². The zero-order valence-electron chi connectivity index (χ0n) is 22.3. The van der Waals surface area contributed by atoms with E-state index < -0.39 is 10.0 Å². The molecule has 2 aromatic rings. The van der Waals surface area contributed by atoms with Gasteiger partial charge in [0.2, 0.25) is 0 Å². The highest BCUT2D eigenvalue weighted by atomic mass is 32.2. The minimum Gasteiger partial charge on any atom is -0.382 e. The van der Waals surface area contributed by atoms with E-state index in [1.54, 1.807) is 4.31 Å². The van der Waals surface area contributed by atoms with E-state index in [9.17, 15) is 8.42 Å². The molecule has 0 bridgehead atoms. The van der Waals surface area contributed by atoms with E-state index in [2.05, 4.69) is 60.4 Å². The van der Waals surface area contributed by atoms with Gasteiger partial charge in [0.1, 0.15) is 0 Å². The van der Waals surface area contributed by atoms with Gasteiger partial charge in [0.05, 0.1) is 22.8 Å². The van der Waals surface area contributed by atoms with Crippen molar-refractivity contribution >= 4 is 21.4 Å². The van der Waals surface area contributed by atoms with Crippen LogP contribution in [0.2, 0.25) is 0 Å². The molecule has 199 valence electrons. The molecule has 4 rings (SSSR count). The number of allylic oxidation sites excluding steroid dienone is 6. The second kappa shape index (κ2) is 12.6. The van der Waals surface area contributed by atoms with Gasteiger partial charge in [-0.05, 0) is 74.4 Å². The Hall–Kier alpha value is -2.83. The van der Waals surface area contributed by atoms with Crippen LogP contribution in [0.3, 0.4) is 0 Å². The summed E-state index contributed by atoms with van der Waals surface area (Å²) in [6, 6.07) is 12.0. The van der Waals surface area contributed by atoms with Crippen molar-refractivity contribution in [3.05, 3.63) is 95.5 Å². The molecular weight excluding hydrogens is 478 g/mol. The van der Waals surface area contributed by atoms with Crippen molar-refractivity contribution in [2.75, 3.05) is 36.3 Å². The van der Waals surface area contributed by atoms with Gasteiger partial charge in [-0.3, -0.25) is 4.31 Å². The molecule has 1 atom stereocenters. The van der Waals surface area contributed by atoms with Crippen molar-refractivity contribution in [3.63, 3.8) is 0 Å². The van der Waals surface area contributed by atoms with Gasteiger partial charge >= 0.3 is 0 Å². The van der Waals surface area contributed by atoms with Crippen LogP contribution >= 0.6 is 0 Å². The molecule has 0 spiro atoms. The summed E-state index contributed by atoms with van der Waals surface area (Å²) in [4.78, 5) is 0.418. The summed E-state index contributed by atoms with van der Waals surface area (Å²) < 4.78 is 29.8. The average molecular weight is 521 g/mol. The quantitative estimate of drug-likeness (QED) is 0.330. The number of nitrogens with one attached hydrogen (secondary N) is 2. The van der Waals surface area contributed by atoms with Crippen LogP contribution < -0.4 is 14.9 Å². The lowest BCUT2D eigenvalue weighted by atomic mass is 9.91. The second-order valence-corrected chi connectivity index (χ2v) is 11.7. The summed E-state index contributed by atoms with van der Waals surface area (Å²) in [5, 5.41) is 6.70. The number of rotatable bonds is 11. The maximum Gasteiger partial charge on any atom is 0.264 e. The Morgan fingerprint density at radius 3 is 2.76 bits per heavy atom. The number of likely N-dealkylation sites (N-methyl/N-ethyl adjacent to an activating group) is 1. The highest BCUT2D eigenvalue weighted by Crippen LogP contribution is 2.38. The highest BCUT2D eigenvalue weighted by molar-refractivity contribution is 7.93. The lowest BCUT2D eigenvalue weighted by Crippen LogP contribution is -2.39. The van der Waals surface area contributed by atoms with Crippen LogP contribution in [0.25, 0.3) is 0 Å². The van der Waals surface area contributed by atoms with Gasteiger partial charge in [0, 0.05) is 20.9 Å². The standard InChI is InChI=1S/C31H40N3O2S.H2/c1-4-26-16-11-17-29-31(26)34(21-20-33-29)37(35,36)30-22-27(19-18-24(30)2)28(23-32-3)15-10-9-14-25-12-7-5-6-8-13-25;/h5-8,11-13,16-19,22,28,32-33H,4,9-10,14-15,20-21,23H2,1-3H3;1H. The maximum atomic E-state index is 14.1. The molecule has 2 N–H and O–H groups in total. The summed E-state index contributed by atoms with van der Waals surface area (Å²) >= 11 is 0. The van der Waals surface area contributed by atoms with Crippen LogP contribution in [-0.4, -0.2) is 35.1 Å². The van der Waals surface area contributed by atoms with Crippen molar-refractivity contribution < 1.29 is 9.84 Å². The number of unbranched alkanes of at least 4 members (excludes halogenated alkanes) is 1. The minimum absolute atomic E-state index is 0. The molecule has 0 aromatic heterocycles. The molecule has 1 radical (unpaired) electrons. The summed E-state index contributed by atoms with van der Waals surface area (Å²) in [5.74, 6) is 0.257. The number of hydrogen-bond donors (Lipinski definition) is 2. The van der Waals surface area contributed by atoms with Crippen LogP contribution in [0.5, 0.6) is 0 Å². The summed E-state index contributed by atoms with van der Waals surface area (Å²) in [6.07, 6.45) is 17.7. The van der Waals surface area contributed by atoms with E-state index >= 15 is 0 Å². The average Bonchev–Trinajstić information content (AvgIpc) is 3.19. The first-order valence-electron chi connectivity index (χ1n) is 13.5. The Labute approximate surface area is 224 Å². The number of fused-ring (bicyclic) bond motifs is 1.